The van der Waals surface area contributed by atoms with E-state index in [0.29, 0.717) is 5.92 Å². The van der Waals surface area contributed by atoms with Gasteiger partial charge in [-0.05, 0) is 43.4 Å². The minimum atomic E-state index is 0.376. The first-order valence-corrected chi connectivity index (χ1v) is 8.23. The van der Waals surface area contributed by atoms with Crippen LogP contribution in [0.1, 0.15) is 77.6 Å². The van der Waals surface area contributed by atoms with Gasteiger partial charge in [-0.1, -0.05) is 51.9 Å². The van der Waals surface area contributed by atoms with Crippen LogP contribution in [-0.2, 0) is 0 Å². The van der Waals surface area contributed by atoms with Gasteiger partial charge in [-0.2, -0.15) is 5.26 Å². The van der Waals surface area contributed by atoms with Crippen LogP contribution >= 0.6 is 0 Å². The van der Waals surface area contributed by atoms with Crippen molar-refractivity contribution >= 4 is 0 Å². The number of nitrogens with zero attached hydrogens (tertiary/aromatic N) is 1. The first kappa shape index (κ1) is 13.9. The Morgan fingerprint density at radius 3 is 2.44 bits per heavy atom. The number of hydrogen-bond donors (Lipinski definition) is 0. The Hall–Kier alpha value is -0.510. The van der Waals surface area contributed by atoms with Gasteiger partial charge in [0.1, 0.15) is 0 Å². The molecule has 2 rings (SSSR count). The van der Waals surface area contributed by atoms with E-state index in [-0.39, 0.29) is 0 Å². The SMILES string of the molecule is CCCCC1CCC(C2CCCC(C#N)C2)CC1. The fourth-order valence-electron chi connectivity index (χ4n) is 4.21. The third kappa shape index (κ3) is 3.74. The standard InChI is InChI=1S/C17H29N/c1-2-3-5-14-8-10-16(11-9-14)17-7-4-6-15(12-17)13-18/h14-17H,2-12H2,1H3. The van der Waals surface area contributed by atoms with Gasteiger partial charge in [-0.15, -0.1) is 0 Å². The molecule has 0 aliphatic heterocycles. The van der Waals surface area contributed by atoms with Crippen molar-refractivity contribution in [2.45, 2.75) is 77.6 Å². The molecule has 0 spiro atoms. The van der Waals surface area contributed by atoms with E-state index in [9.17, 15) is 0 Å². The summed E-state index contributed by atoms with van der Waals surface area (Å²) >= 11 is 0. The summed E-state index contributed by atoms with van der Waals surface area (Å²) in [5.74, 6) is 3.24. The number of nitriles is 1. The van der Waals surface area contributed by atoms with Crippen molar-refractivity contribution in [3.63, 3.8) is 0 Å². The van der Waals surface area contributed by atoms with Gasteiger partial charge in [-0.3, -0.25) is 0 Å². The van der Waals surface area contributed by atoms with Crippen molar-refractivity contribution in [1.29, 1.82) is 5.26 Å². The van der Waals surface area contributed by atoms with Gasteiger partial charge in [0.2, 0.25) is 0 Å². The minimum Gasteiger partial charge on any atom is -0.198 e. The lowest BCUT2D eigenvalue weighted by molar-refractivity contribution is 0.149. The molecular formula is C17H29N. The fourth-order valence-corrected chi connectivity index (χ4v) is 4.21. The molecule has 2 aliphatic rings. The molecule has 0 bridgehead atoms. The van der Waals surface area contributed by atoms with E-state index in [1.54, 1.807) is 0 Å². The summed E-state index contributed by atoms with van der Waals surface area (Å²) in [6, 6.07) is 2.51. The monoisotopic (exact) mass is 247 g/mol. The predicted octanol–water partition coefficient (Wildman–Crippen LogP) is 5.31. The molecule has 1 heteroatoms. The molecule has 2 atom stereocenters. The molecule has 2 fully saturated rings. The molecule has 0 saturated heterocycles. The Balaban J connectivity index is 1.74. The summed E-state index contributed by atoms with van der Waals surface area (Å²) in [5.41, 5.74) is 0. The van der Waals surface area contributed by atoms with Crippen molar-refractivity contribution in [2.75, 3.05) is 0 Å². The molecule has 2 unspecified atom stereocenters. The molecule has 0 aromatic carbocycles. The first-order chi connectivity index (χ1) is 8.83. The van der Waals surface area contributed by atoms with E-state index < -0.39 is 0 Å². The molecule has 0 N–H and O–H groups in total. The molecule has 0 amide bonds. The second-order valence-corrected chi connectivity index (χ2v) is 6.68. The van der Waals surface area contributed by atoms with Crippen molar-refractivity contribution in [3.8, 4) is 6.07 Å². The molecule has 0 heterocycles. The van der Waals surface area contributed by atoms with Crippen LogP contribution in [0, 0.1) is 35.0 Å². The van der Waals surface area contributed by atoms with Gasteiger partial charge < -0.3 is 0 Å². The topological polar surface area (TPSA) is 23.8 Å². The Morgan fingerprint density at radius 1 is 1.00 bits per heavy atom. The molecule has 0 radical (unpaired) electrons. The highest BCUT2D eigenvalue weighted by Gasteiger charge is 2.31. The first-order valence-electron chi connectivity index (χ1n) is 8.23. The smallest absolute Gasteiger partial charge is 0.0655 e. The highest BCUT2D eigenvalue weighted by molar-refractivity contribution is 4.90. The van der Waals surface area contributed by atoms with Crippen LogP contribution in [0.25, 0.3) is 0 Å². The summed E-state index contributed by atoms with van der Waals surface area (Å²) in [5, 5.41) is 9.10. The average Bonchev–Trinajstić information content (AvgIpc) is 2.46. The largest absolute Gasteiger partial charge is 0.198 e. The van der Waals surface area contributed by atoms with Crippen LogP contribution in [0.3, 0.4) is 0 Å². The molecule has 18 heavy (non-hydrogen) atoms. The summed E-state index contributed by atoms with van der Waals surface area (Å²) in [6.45, 7) is 2.30. The molecule has 2 saturated carbocycles. The van der Waals surface area contributed by atoms with Crippen LogP contribution in [0.15, 0.2) is 0 Å². The van der Waals surface area contributed by atoms with Crippen molar-refractivity contribution < 1.29 is 0 Å². The van der Waals surface area contributed by atoms with Crippen LogP contribution in [0.2, 0.25) is 0 Å². The highest BCUT2D eigenvalue weighted by atomic mass is 14.4. The second-order valence-electron chi connectivity index (χ2n) is 6.68. The van der Waals surface area contributed by atoms with Gasteiger partial charge in [0.25, 0.3) is 0 Å². The van der Waals surface area contributed by atoms with Gasteiger partial charge >= 0.3 is 0 Å². The quantitative estimate of drug-likeness (QED) is 0.660. The molecule has 2 aliphatic carbocycles. The van der Waals surface area contributed by atoms with Gasteiger partial charge in [-0.25, -0.2) is 0 Å². The number of hydrogen-bond acceptors (Lipinski definition) is 1. The van der Waals surface area contributed by atoms with Crippen LogP contribution in [0.5, 0.6) is 0 Å². The maximum Gasteiger partial charge on any atom is 0.0655 e. The maximum atomic E-state index is 9.10. The lowest BCUT2D eigenvalue weighted by Crippen LogP contribution is -2.26. The zero-order valence-corrected chi connectivity index (χ0v) is 12.0. The average molecular weight is 247 g/mol. The number of unbranched alkanes of at least 4 members (excludes halogenated alkanes) is 1. The Labute approximate surface area is 113 Å². The third-order valence-electron chi connectivity index (χ3n) is 5.42. The normalized spacial score (nSPS) is 37.1. The van der Waals surface area contributed by atoms with Gasteiger partial charge in [0.15, 0.2) is 0 Å². The van der Waals surface area contributed by atoms with Crippen molar-refractivity contribution in [3.05, 3.63) is 0 Å². The van der Waals surface area contributed by atoms with E-state index in [1.165, 1.54) is 70.6 Å². The second kappa shape index (κ2) is 7.17. The molecule has 102 valence electrons. The maximum absolute atomic E-state index is 9.10. The summed E-state index contributed by atoms with van der Waals surface area (Å²) in [6.07, 6.45) is 15.2. The predicted molar refractivity (Wildman–Crippen MR) is 76.0 cm³/mol. The van der Waals surface area contributed by atoms with E-state index in [4.69, 9.17) is 5.26 Å². The van der Waals surface area contributed by atoms with E-state index in [0.717, 1.165) is 17.8 Å². The van der Waals surface area contributed by atoms with Crippen LogP contribution in [-0.4, -0.2) is 0 Å². The third-order valence-corrected chi connectivity index (χ3v) is 5.42. The molecule has 1 nitrogen and oxygen atoms in total. The number of rotatable bonds is 4. The minimum absolute atomic E-state index is 0.376. The lowest BCUT2D eigenvalue weighted by Gasteiger charge is -2.37. The van der Waals surface area contributed by atoms with E-state index >= 15 is 0 Å². The lowest BCUT2D eigenvalue weighted by atomic mass is 9.68. The van der Waals surface area contributed by atoms with Crippen LogP contribution < -0.4 is 0 Å². The molecule has 0 aromatic heterocycles. The van der Waals surface area contributed by atoms with Crippen molar-refractivity contribution in [1.82, 2.24) is 0 Å². The fraction of sp³-hybridized carbons (Fsp3) is 0.941. The van der Waals surface area contributed by atoms with Gasteiger partial charge in [0.05, 0.1) is 6.07 Å². The highest BCUT2D eigenvalue weighted by Crippen LogP contribution is 2.42. The summed E-state index contributed by atoms with van der Waals surface area (Å²) < 4.78 is 0. The molecule has 0 aromatic rings. The Bertz CT molecular complexity index is 270. The summed E-state index contributed by atoms with van der Waals surface area (Å²) in [4.78, 5) is 0. The molecular weight excluding hydrogens is 218 g/mol. The Kier molecular flexibility index (Phi) is 5.54. The summed E-state index contributed by atoms with van der Waals surface area (Å²) in [7, 11) is 0. The Morgan fingerprint density at radius 2 is 1.78 bits per heavy atom. The van der Waals surface area contributed by atoms with Crippen LogP contribution in [0.4, 0.5) is 0 Å². The van der Waals surface area contributed by atoms with Crippen molar-refractivity contribution in [2.24, 2.45) is 23.7 Å². The zero-order valence-electron chi connectivity index (χ0n) is 12.0. The van der Waals surface area contributed by atoms with E-state index in [2.05, 4.69) is 13.0 Å². The van der Waals surface area contributed by atoms with E-state index in [1.807, 2.05) is 0 Å². The zero-order chi connectivity index (χ0) is 12.8. The van der Waals surface area contributed by atoms with Gasteiger partial charge in [0, 0.05) is 5.92 Å².